The van der Waals surface area contributed by atoms with Gasteiger partial charge in [0.05, 0.1) is 18.2 Å². The van der Waals surface area contributed by atoms with E-state index in [-0.39, 0.29) is 0 Å². The van der Waals surface area contributed by atoms with Crippen molar-refractivity contribution in [3.05, 3.63) is 11.8 Å². The summed E-state index contributed by atoms with van der Waals surface area (Å²) in [4.78, 5) is 0. The Hall–Kier alpha value is -0.500. The topological polar surface area (TPSA) is 21.3 Å². The van der Waals surface area contributed by atoms with E-state index in [1.54, 1.807) is 0 Å². The summed E-state index contributed by atoms with van der Waals surface area (Å²) in [5, 5.41) is 3.84. The first-order chi connectivity index (χ1) is 9.42. The zero-order valence-electron chi connectivity index (χ0n) is 11.9. The van der Waals surface area contributed by atoms with Gasteiger partial charge in [-0.15, -0.1) is 0 Å². The predicted octanol–water partition coefficient (Wildman–Crippen LogP) is 3.77. The van der Waals surface area contributed by atoms with Crippen LogP contribution in [0.4, 0.5) is 0 Å². The monoisotopic (exact) mass is 261 g/mol. The van der Waals surface area contributed by atoms with Crippen LogP contribution in [0, 0.1) is 11.8 Å². The van der Waals surface area contributed by atoms with E-state index >= 15 is 0 Å². The third kappa shape index (κ3) is 2.22. The second kappa shape index (κ2) is 5.12. The van der Waals surface area contributed by atoms with E-state index in [4.69, 9.17) is 4.74 Å². The van der Waals surface area contributed by atoms with Crippen molar-refractivity contribution >= 4 is 0 Å². The summed E-state index contributed by atoms with van der Waals surface area (Å²) in [7, 11) is 0. The molecule has 5 unspecified atom stereocenters. The lowest BCUT2D eigenvalue weighted by Crippen LogP contribution is -2.37. The maximum absolute atomic E-state index is 6.45. The molecule has 2 nitrogen and oxygen atoms in total. The molecule has 4 aliphatic rings. The first-order valence-corrected chi connectivity index (χ1v) is 8.53. The molecule has 0 spiro atoms. The van der Waals surface area contributed by atoms with Crippen LogP contribution in [0.5, 0.6) is 0 Å². The second-order valence-corrected chi connectivity index (χ2v) is 7.05. The van der Waals surface area contributed by atoms with Crippen molar-refractivity contribution in [1.29, 1.82) is 0 Å². The summed E-state index contributed by atoms with van der Waals surface area (Å²) in [6.07, 6.45) is 17.2. The third-order valence-electron chi connectivity index (χ3n) is 5.93. The second-order valence-electron chi connectivity index (χ2n) is 7.05. The van der Waals surface area contributed by atoms with Gasteiger partial charge in [-0.2, -0.15) is 0 Å². The van der Waals surface area contributed by atoms with Crippen molar-refractivity contribution in [2.75, 3.05) is 0 Å². The standard InChI is InChI=1S/C17H27NO/c1-2-6-12(7-3-1)18-15-11-10-14-13-8-4-5-9-16(13)19-17(14)15/h6,13-18H,1-5,7-11H2. The van der Waals surface area contributed by atoms with E-state index in [2.05, 4.69) is 11.4 Å². The lowest BCUT2D eigenvalue weighted by atomic mass is 9.79. The fourth-order valence-corrected chi connectivity index (χ4v) is 5.00. The van der Waals surface area contributed by atoms with Crippen LogP contribution in [0.15, 0.2) is 11.8 Å². The molecule has 3 fully saturated rings. The largest absolute Gasteiger partial charge is 0.383 e. The smallest absolute Gasteiger partial charge is 0.0811 e. The van der Waals surface area contributed by atoms with Gasteiger partial charge in [-0.25, -0.2) is 0 Å². The number of nitrogens with one attached hydrogen (secondary N) is 1. The molecule has 1 aliphatic heterocycles. The van der Waals surface area contributed by atoms with Gasteiger partial charge >= 0.3 is 0 Å². The quantitative estimate of drug-likeness (QED) is 0.817. The van der Waals surface area contributed by atoms with Gasteiger partial charge < -0.3 is 10.1 Å². The van der Waals surface area contributed by atoms with Crippen LogP contribution in [0.3, 0.4) is 0 Å². The van der Waals surface area contributed by atoms with Crippen LogP contribution >= 0.6 is 0 Å². The molecule has 1 heterocycles. The van der Waals surface area contributed by atoms with Gasteiger partial charge in [-0.3, -0.25) is 0 Å². The average molecular weight is 261 g/mol. The fourth-order valence-electron chi connectivity index (χ4n) is 5.00. The Morgan fingerprint density at radius 3 is 2.79 bits per heavy atom. The Balaban J connectivity index is 1.43. The number of rotatable bonds is 2. The molecule has 0 radical (unpaired) electrons. The van der Waals surface area contributed by atoms with Gasteiger partial charge in [0.1, 0.15) is 0 Å². The number of ether oxygens (including phenoxy) is 1. The van der Waals surface area contributed by atoms with Crippen LogP contribution in [0.2, 0.25) is 0 Å². The molecule has 2 saturated carbocycles. The SMILES string of the molecule is C1=C(NC2CCC3C4CCCCC4OC23)CCCC1. The third-order valence-corrected chi connectivity index (χ3v) is 5.93. The summed E-state index contributed by atoms with van der Waals surface area (Å²) < 4.78 is 6.45. The molecule has 106 valence electrons. The summed E-state index contributed by atoms with van der Waals surface area (Å²) in [6, 6.07) is 0.611. The van der Waals surface area contributed by atoms with E-state index in [1.165, 1.54) is 69.9 Å². The molecular weight excluding hydrogens is 234 g/mol. The number of fused-ring (bicyclic) bond motifs is 3. The highest BCUT2D eigenvalue weighted by molar-refractivity contribution is 5.09. The van der Waals surface area contributed by atoms with Crippen LogP contribution < -0.4 is 5.32 Å². The Morgan fingerprint density at radius 1 is 0.947 bits per heavy atom. The Kier molecular flexibility index (Phi) is 3.30. The van der Waals surface area contributed by atoms with Gasteiger partial charge in [0.2, 0.25) is 0 Å². The Bertz CT molecular complexity index is 364. The zero-order chi connectivity index (χ0) is 12.7. The van der Waals surface area contributed by atoms with E-state index in [0.29, 0.717) is 18.2 Å². The van der Waals surface area contributed by atoms with Crippen molar-refractivity contribution < 1.29 is 4.74 Å². The first-order valence-electron chi connectivity index (χ1n) is 8.53. The summed E-state index contributed by atoms with van der Waals surface area (Å²) in [5.74, 6) is 1.76. The fraction of sp³-hybridized carbons (Fsp3) is 0.882. The molecule has 0 bridgehead atoms. The average Bonchev–Trinajstić information content (AvgIpc) is 3.00. The molecule has 3 aliphatic carbocycles. The van der Waals surface area contributed by atoms with E-state index in [1.807, 2.05) is 0 Å². The minimum Gasteiger partial charge on any atom is -0.383 e. The van der Waals surface area contributed by atoms with Crippen molar-refractivity contribution in [2.45, 2.75) is 82.5 Å². The van der Waals surface area contributed by atoms with Crippen LogP contribution in [-0.4, -0.2) is 18.2 Å². The molecule has 19 heavy (non-hydrogen) atoms. The molecule has 4 rings (SSSR count). The van der Waals surface area contributed by atoms with Gasteiger partial charge in [-0.05, 0) is 63.2 Å². The predicted molar refractivity (Wildman–Crippen MR) is 76.8 cm³/mol. The van der Waals surface area contributed by atoms with E-state index < -0.39 is 0 Å². The van der Waals surface area contributed by atoms with Crippen LogP contribution in [0.25, 0.3) is 0 Å². The molecule has 5 atom stereocenters. The number of allylic oxidation sites excluding steroid dienone is 2. The van der Waals surface area contributed by atoms with Gasteiger partial charge in [0, 0.05) is 5.70 Å². The highest BCUT2D eigenvalue weighted by Crippen LogP contribution is 2.48. The van der Waals surface area contributed by atoms with Crippen molar-refractivity contribution in [2.24, 2.45) is 11.8 Å². The lowest BCUT2D eigenvalue weighted by molar-refractivity contribution is 0.00598. The zero-order valence-corrected chi connectivity index (χ0v) is 11.9. The maximum Gasteiger partial charge on any atom is 0.0811 e. The lowest BCUT2D eigenvalue weighted by Gasteiger charge is -2.27. The molecular formula is C17H27NO. The van der Waals surface area contributed by atoms with E-state index in [9.17, 15) is 0 Å². The van der Waals surface area contributed by atoms with Crippen molar-refractivity contribution in [3.8, 4) is 0 Å². The van der Waals surface area contributed by atoms with Gasteiger partial charge in [0.15, 0.2) is 0 Å². The summed E-state index contributed by atoms with van der Waals surface area (Å²) >= 11 is 0. The van der Waals surface area contributed by atoms with E-state index in [0.717, 1.165) is 11.8 Å². The van der Waals surface area contributed by atoms with Crippen molar-refractivity contribution in [1.82, 2.24) is 5.32 Å². The molecule has 1 N–H and O–H groups in total. The minimum atomic E-state index is 0.524. The van der Waals surface area contributed by atoms with Crippen LogP contribution in [0.1, 0.15) is 64.2 Å². The molecule has 0 aromatic carbocycles. The molecule has 2 heteroatoms. The minimum absolute atomic E-state index is 0.524. The van der Waals surface area contributed by atoms with Gasteiger partial charge in [-0.1, -0.05) is 18.9 Å². The molecule has 0 aromatic heterocycles. The van der Waals surface area contributed by atoms with Gasteiger partial charge in [0.25, 0.3) is 0 Å². The highest BCUT2D eigenvalue weighted by atomic mass is 16.5. The summed E-state index contributed by atoms with van der Waals surface area (Å²) in [6.45, 7) is 0. The number of hydrogen-bond acceptors (Lipinski definition) is 2. The molecule has 1 saturated heterocycles. The molecule has 0 aromatic rings. The Morgan fingerprint density at radius 2 is 1.89 bits per heavy atom. The van der Waals surface area contributed by atoms with Crippen molar-refractivity contribution in [3.63, 3.8) is 0 Å². The summed E-state index contributed by atoms with van der Waals surface area (Å²) in [5.41, 5.74) is 1.51. The van der Waals surface area contributed by atoms with Crippen LogP contribution in [-0.2, 0) is 4.74 Å². The highest BCUT2D eigenvalue weighted by Gasteiger charge is 2.51. The Labute approximate surface area is 117 Å². The maximum atomic E-state index is 6.45. The number of hydrogen-bond donors (Lipinski definition) is 1. The normalized spacial score (nSPS) is 45.5. The first kappa shape index (κ1) is 12.3. The molecule has 0 amide bonds.